The second kappa shape index (κ2) is 17.1. The Morgan fingerprint density at radius 2 is 1.83 bits per heavy atom. The molecule has 1 atom stereocenters. The normalized spacial score (nSPS) is 11.5. The van der Waals surface area contributed by atoms with Gasteiger partial charge < -0.3 is 22.2 Å². The third-order valence-corrected chi connectivity index (χ3v) is 4.63. The fourth-order valence-corrected chi connectivity index (χ4v) is 3.13. The molecule has 0 heterocycles. The Morgan fingerprint density at radius 3 is 2.40 bits per heavy atom. The van der Waals surface area contributed by atoms with E-state index in [0.29, 0.717) is 28.9 Å². The van der Waals surface area contributed by atoms with Crippen molar-refractivity contribution in [3.8, 4) is 12.8 Å². The summed E-state index contributed by atoms with van der Waals surface area (Å²) in [4.78, 5) is 16.1. The summed E-state index contributed by atoms with van der Waals surface area (Å²) in [5.74, 6) is -0.293. The van der Waals surface area contributed by atoms with Crippen molar-refractivity contribution in [1.29, 1.82) is 10.8 Å². The highest BCUT2D eigenvalue weighted by Gasteiger charge is 2.17. The molecule has 0 spiro atoms. The molecule has 184 valence electrons. The molecule has 0 aliphatic rings. The number of nitrogens with two attached hydrogens (primary N) is 2. The van der Waals surface area contributed by atoms with Crippen LogP contribution in [0.4, 0.5) is 5.69 Å². The lowest BCUT2D eigenvalue weighted by Gasteiger charge is -2.17. The Morgan fingerprint density at radius 1 is 1.20 bits per heavy atom. The second-order valence-corrected chi connectivity index (χ2v) is 7.05. The van der Waals surface area contributed by atoms with Gasteiger partial charge in [-0.15, -0.1) is 19.4 Å². The monoisotopic (exact) mass is 472 g/mol. The molecule has 0 aliphatic carbocycles. The van der Waals surface area contributed by atoms with Gasteiger partial charge in [0.05, 0.1) is 6.42 Å². The van der Waals surface area contributed by atoms with Crippen LogP contribution >= 0.6 is 0 Å². The molecule has 7 heteroatoms. The average Bonchev–Trinajstić information content (AvgIpc) is 2.86. The Kier molecular flexibility index (Phi) is 14.9. The van der Waals surface area contributed by atoms with Crippen molar-refractivity contribution in [3.63, 3.8) is 0 Å². The number of carbonyl (C=O) groups excluding carboxylic acids is 1. The lowest BCUT2D eigenvalue weighted by atomic mass is 9.91. The van der Waals surface area contributed by atoms with Crippen molar-refractivity contribution in [1.82, 2.24) is 5.32 Å². The summed E-state index contributed by atoms with van der Waals surface area (Å²) in [5, 5.41) is 18.7. The van der Waals surface area contributed by atoms with Crippen LogP contribution in [0.15, 0.2) is 78.0 Å². The number of nitrogens with zero attached hydrogens (tertiary/aromatic N) is 1. The summed E-state index contributed by atoms with van der Waals surface area (Å²) in [7, 11) is 0. The van der Waals surface area contributed by atoms with Gasteiger partial charge in [-0.05, 0) is 37.1 Å². The molecule has 7 nitrogen and oxygen atoms in total. The van der Waals surface area contributed by atoms with Gasteiger partial charge in [-0.2, -0.15) is 0 Å². The maximum atomic E-state index is 12.3. The molecule has 0 saturated heterocycles. The van der Waals surface area contributed by atoms with E-state index in [9.17, 15) is 4.79 Å². The quantitative estimate of drug-likeness (QED) is 0.113. The minimum Gasteiger partial charge on any atom is -0.398 e. The van der Waals surface area contributed by atoms with E-state index in [-0.39, 0.29) is 29.8 Å². The molecular weight excluding hydrogens is 436 g/mol. The van der Waals surface area contributed by atoms with Crippen molar-refractivity contribution in [2.24, 2.45) is 16.6 Å². The lowest BCUT2D eigenvalue weighted by molar-refractivity contribution is -0.119. The summed E-state index contributed by atoms with van der Waals surface area (Å²) in [6.45, 7) is 9.58. The number of amides is 1. The minimum atomic E-state index is -0.340. The second-order valence-electron chi connectivity index (χ2n) is 7.05. The van der Waals surface area contributed by atoms with Crippen molar-refractivity contribution in [3.05, 3.63) is 89.6 Å². The summed E-state index contributed by atoms with van der Waals surface area (Å²) in [6, 6.07) is 14.5. The number of aliphatic imine (C=N–C) groups is 1. The van der Waals surface area contributed by atoms with E-state index in [1.165, 1.54) is 0 Å². The number of anilines is 1. The highest BCUT2D eigenvalue weighted by Crippen LogP contribution is 2.22. The number of amidine groups is 1. The Bertz CT molecular complexity index is 1070. The van der Waals surface area contributed by atoms with E-state index in [4.69, 9.17) is 22.3 Å². The van der Waals surface area contributed by atoms with Gasteiger partial charge in [0.2, 0.25) is 5.91 Å². The summed E-state index contributed by atoms with van der Waals surface area (Å²) in [6.07, 6.45) is 13.2. The number of terminal acetylenes is 1. The number of hydrogen-bond donors (Lipinski definition) is 5. The molecule has 2 aromatic carbocycles. The maximum absolute atomic E-state index is 12.3. The van der Waals surface area contributed by atoms with Crippen LogP contribution in [0, 0.1) is 29.6 Å². The van der Waals surface area contributed by atoms with Gasteiger partial charge in [-0.1, -0.05) is 56.3 Å². The largest absolute Gasteiger partial charge is 0.398 e. The zero-order valence-corrected chi connectivity index (χ0v) is 20.7. The third kappa shape index (κ3) is 10.4. The smallest absolute Gasteiger partial charge is 0.228 e. The first-order chi connectivity index (χ1) is 16.8. The molecule has 2 aromatic rings. The van der Waals surface area contributed by atoms with Gasteiger partial charge >= 0.3 is 0 Å². The molecule has 0 aliphatic heterocycles. The Hall–Kier alpha value is -4.44. The van der Waals surface area contributed by atoms with Crippen molar-refractivity contribution < 1.29 is 4.79 Å². The van der Waals surface area contributed by atoms with Gasteiger partial charge in [0.1, 0.15) is 12.2 Å². The number of nitrogens with one attached hydrogen (secondary N) is 3. The highest BCUT2D eigenvalue weighted by molar-refractivity contribution is 6.08. The molecule has 35 heavy (non-hydrogen) atoms. The molecule has 0 bridgehead atoms. The number of hydrogen-bond acceptors (Lipinski definition) is 4. The predicted octanol–water partition coefficient (Wildman–Crippen LogP) is 4.68. The third-order valence-electron chi connectivity index (χ3n) is 4.63. The molecule has 0 aromatic heterocycles. The first-order valence-corrected chi connectivity index (χ1v) is 11.1. The van der Waals surface area contributed by atoms with Crippen LogP contribution < -0.4 is 16.8 Å². The van der Waals surface area contributed by atoms with Gasteiger partial charge in [0.25, 0.3) is 0 Å². The molecule has 1 amide bonds. The first-order valence-electron chi connectivity index (χ1n) is 11.1. The van der Waals surface area contributed by atoms with E-state index < -0.39 is 0 Å². The average molecular weight is 473 g/mol. The van der Waals surface area contributed by atoms with Gasteiger partial charge in [0.15, 0.2) is 0 Å². The molecule has 7 N–H and O–H groups in total. The van der Waals surface area contributed by atoms with Crippen molar-refractivity contribution in [2.45, 2.75) is 33.6 Å². The highest BCUT2D eigenvalue weighted by atomic mass is 16.1. The number of rotatable bonds is 10. The summed E-state index contributed by atoms with van der Waals surface area (Å²) < 4.78 is 0. The SMILES string of the molecule is C#C.C=CCC(/C=C(\C)NC(=O)Cc1ccccc1)C(=N)c1cc(C(N)=NC=N)ccc1N.CC. The van der Waals surface area contributed by atoms with Crippen LogP contribution in [-0.4, -0.2) is 23.8 Å². The van der Waals surface area contributed by atoms with Gasteiger partial charge in [0, 0.05) is 34.1 Å². The molecule has 0 fully saturated rings. The minimum absolute atomic E-state index is 0.124. The van der Waals surface area contributed by atoms with Gasteiger partial charge in [-0.25, -0.2) is 4.99 Å². The van der Waals surface area contributed by atoms with Gasteiger partial charge in [-0.3, -0.25) is 10.2 Å². The van der Waals surface area contributed by atoms with Crippen LogP contribution in [0.1, 0.15) is 43.9 Å². The Balaban J connectivity index is 0.00000274. The summed E-state index contributed by atoms with van der Waals surface area (Å²) in [5.41, 5.74) is 15.4. The number of carbonyl (C=O) groups is 1. The molecule has 1 unspecified atom stereocenters. The number of nitrogen functional groups attached to an aromatic ring is 1. The molecule has 0 saturated carbocycles. The lowest BCUT2D eigenvalue weighted by Crippen LogP contribution is -2.25. The fourth-order valence-electron chi connectivity index (χ4n) is 3.13. The van der Waals surface area contributed by atoms with E-state index in [1.807, 2.05) is 50.3 Å². The van der Waals surface area contributed by atoms with E-state index in [2.05, 4.69) is 29.7 Å². The Labute approximate surface area is 209 Å². The molecular formula is C28H36N6O. The van der Waals surface area contributed by atoms with E-state index in [1.54, 1.807) is 31.2 Å². The van der Waals surface area contributed by atoms with Crippen LogP contribution in [0.25, 0.3) is 0 Å². The first kappa shape index (κ1) is 30.6. The molecule has 2 rings (SSSR count). The van der Waals surface area contributed by atoms with Crippen LogP contribution in [0.5, 0.6) is 0 Å². The standard InChI is InChI=1S/C24H28N6O.C2H6.C2H2/c1-3-7-18(12-16(2)30-22(31)13-17-8-5-4-6-9-17)23(27)20-14-19(10-11-21(20)26)24(28)29-15-25;2*1-2/h3-6,8-12,14-15,18,27H,1,7,13,26H2,2H3,(H,30,31)(H3,25,28,29);1-2H3;1-2H/b16-12+,27-23?;;. The fraction of sp³-hybridized carbons (Fsp3) is 0.214. The maximum Gasteiger partial charge on any atom is 0.228 e. The van der Waals surface area contributed by atoms with Crippen LogP contribution in [0.2, 0.25) is 0 Å². The molecule has 0 radical (unpaired) electrons. The number of allylic oxidation sites excluding steroid dienone is 3. The summed E-state index contributed by atoms with van der Waals surface area (Å²) >= 11 is 0. The topological polar surface area (TPSA) is 141 Å². The zero-order valence-electron chi connectivity index (χ0n) is 20.7. The van der Waals surface area contributed by atoms with E-state index >= 15 is 0 Å². The van der Waals surface area contributed by atoms with Crippen LogP contribution in [-0.2, 0) is 11.2 Å². The van der Waals surface area contributed by atoms with Crippen molar-refractivity contribution in [2.75, 3.05) is 5.73 Å². The predicted molar refractivity (Wildman–Crippen MR) is 149 cm³/mol. The number of benzene rings is 2. The van der Waals surface area contributed by atoms with Crippen LogP contribution in [0.3, 0.4) is 0 Å². The van der Waals surface area contributed by atoms with Crippen molar-refractivity contribution >= 4 is 29.5 Å². The van der Waals surface area contributed by atoms with E-state index in [0.717, 1.165) is 11.9 Å². The zero-order chi connectivity index (χ0) is 26.8.